The molecule has 0 aromatic heterocycles. The van der Waals surface area contributed by atoms with Crippen LogP contribution in [0.25, 0.3) is 0 Å². The summed E-state index contributed by atoms with van der Waals surface area (Å²) in [5.74, 6) is 0.0452. The predicted molar refractivity (Wildman–Crippen MR) is 86.8 cm³/mol. The summed E-state index contributed by atoms with van der Waals surface area (Å²) in [6.45, 7) is 3.89. The average Bonchev–Trinajstić information content (AvgIpc) is 2.70. The van der Waals surface area contributed by atoms with Crippen LogP contribution in [-0.4, -0.2) is 5.91 Å². The highest BCUT2D eigenvalue weighted by Gasteiger charge is 2.38. The molecule has 21 heavy (non-hydrogen) atoms. The second-order valence-electron chi connectivity index (χ2n) is 6.04. The maximum absolute atomic E-state index is 12.0. The third-order valence-corrected chi connectivity index (χ3v) is 4.56. The van der Waals surface area contributed by atoms with Crippen LogP contribution in [0.5, 0.6) is 0 Å². The monoisotopic (exact) mass is 299 g/mol. The van der Waals surface area contributed by atoms with Crippen LogP contribution in [0, 0.1) is 0 Å². The number of anilines is 1. The minimum atomic E-state index is -0.491. The van der Waals surface area contributed by atoms with Gasteiger partial charge in [0.15, 0.2) is 0 Å². The standard InChI is InChI=1S/C18H18ClNO/c1-18(2)14-11-13(8-9-16(14)20-17(18)21)15(19)10-12-6-4-3-5-7-12/h3-9,11,15H,10H2,1-2H3,(H,20,21). The number of amides is 1. The van der Waals surface area contributed by atoms with Gasteiger partial charge in [0.1, 0.15) is 0 Å². The lowest BCUT2D eigenvalue weighted by molar-refractivity contribution is -0.119. The van der Waals surface area contributed by atoms with Crippen LogP contribution in [0.3, 0.4) is 0 Å². The molecule has 3 rings (SSSR count). The summed E-state index contributed by atoms with van der Waals surface area (Å²) in [4.78, 5) is 12.0. The minimum absolute atomic E-state index is 0.0452. The van der Waals surface area contributed by atoms with E-state index in [4.69, 9.17) is 11.6 Å². The second kappa shape index (κ2) is 5.19. The van der Waals surface area contributed by atoms with Gasteiger partial charge in [-0.15, -0.1) is 11.6 Å². The highest BCUT2D eigenvalue weighted by Crippen LogP contribution is 2.39. The Kier molecular flexibility index (Phi) is 3.50. The largest absolute Gasteiger partial charge is 0.325 e. The molecule has 3 heteroatoms. The van der Waals surface area contributed by atoms with Crippen LogP contribution in [0.4, 0.5) is 5.69 Å². The zero-order chi connectivity index (χ0) is 15.0. The first-order valence-electron chi connectivity index (χ1n) is 7.12. The van der Waals surface area contributed by atoms with Crippen molar-refractivity contribution in [2.24, 2.45) is 0 Å². The number of halogens is 1. The van der Waals surface area contributed by atoms with E-state index in [1.54, 1.807) is 0 Å². The van der Waals surface area contributed by atoms with Crippen LogP contribution in [-0.2, 0) is 16.6 Å². The smallest absolute Gasteiger partial charge is 0.234 e. The molecule has 1 heterocycles. The van der Waals surface area contributed by atoms with Crippen molar-refractivity contribution in [2.75, 3.05) is 5.32 Å². The van der Waals surface area contributed by atoms with Gasteiger partial charge in [-0.1, -0.05) is 42.5 Å². The first-order chi connectivity index (χ1) is 9.98. The second-order valence-corrected chi connectivity index (χ2v) is 6.57. The molecular formula is C18H18ClNO. The lowest BCUT2D eigenvalue weighted by Crippen LogP contribution is -2.26. The molecule has 0 radical (unpaired) electrons. The van der Waals surface area contributed by atoms with Crippen LogP contribution in [0.1, 0.15) is 35.9 Å². The van der Waals surface area contributed by atoms with E-state index in [0.717, 1.165) is 23.2 Å². The van der Waals surface area contributed by atoms with E-state index in [-0.39, 0.29) is 11.3 Å². The molecule has 2 aromatic rings. The number of carbonyl (C=O) groups is 1. The number of hydrogen-bond acceptors (Lipinski definition) is 1. The molecule has 1 amide bonds. The molecule has 0 spiro atoms. The van der Waals surface area contributed by atoms with Crippen molar-refractivity contribution in [3.8, 4) is 0 Å². The van der Waals surface area contributed by atoms with Gasteiger partial charge in [0.2, 0.25) is 5.91 Å². The Morgan fingerprint density at radius 3 is 2.57 bits per heavy atom. The van der Waals surface area contributed by atoms with E-state index in [1.165, 1.54) is 5.56 Å². The van der Waals surface area contributed by atoms with Gasteiger partial charge in [0.25, 0.3) is 0 Å². The van der Waals surface area contributed by atoms with Gasteiger partial charge < -0.3 is 5.32 Å². The molecule has 108 valence electrons. The summed E-state index contributed by atoms with van der Waals surface area (Å²) in [7, 11) is 0. The van der Waals surface area contributed by atoms with Crippen molar-refractivity contribution >= 4 is 23.2 Å². The Balaban J connectivity index is 1.88. The van der Waals surface area contributed by atoms with Gasteiger partial charge in [0, 0.05) is 5.69 Å². The normalized spacial score (nSPS) is 17.2. The fourth-order valence-corrected chi connectivity index (χ4v) is 3.04. The lowest BCUT2D eigenvalue weighted by atomic mass is 9.85. The summed E-state index contributed by atoms with van der Waals surface area (Å²) < 4.78 is 0. The van der Waals surface area contributed by atoms with Crippen molar-refractivity contribution in [1.82, 2.24) is 0 Å². The van der Waals surface area contributed by atoms with Crippen LogP contribution in [0.15, 0.2) is 48.5 Å². The lowest BCUT2D eigenvalue weighted by Gasteiger charge is -2.17. The van der Waals surface area contributed by atoms with E-state index in [1.807, 2.05) is 44.2 Å². The number of alkyl halides is 1. The maximum Gasteiger partial charge on any atom is 0.234 e. The number of nitrogens with one attached hydrogen (secondary N) is 1. The van der Waals surface area contributed by atoms with Crippen molar-refractivity contribution in [1.29, 1.82) is 0 Å². The van der Waals surface area contributed by atoms with Crippen molar-refractivity contribution in [3.05, 3.63) is 65.2 Å². The summed E-state index contributed by atoms with van der Waals surface area (Å²) in [5, 5.41) is 2.83. The number of benzene rings is 2. The Labute approximate surface area is 130 Å². The number of rotatable bonds is 3. The molecule has 0 fully saturated rings. The van der Waals surface area contributed by atoms with Crippen LogP contribution < -0.4 is 5.32 Å². The first kappa shape index (κ1) is 14.2. The molecule has 1 aliphatic rings. The Hall–Kier alpha value is -1.80. The molecule has 0 bridgehead atoms. The Morgan fingerprint density at radius 2 is 1.86 bits per heavy atom. The van der Waals surface area contributed by atoms with E-state index in [2.05, 4.69) is 23.5 Å². The molecule has 0 saturated carbocycles. The molecule has 2 nitrogen and oxygen atoms in total. The highest BCUT2D eigenvalue weighted by atomic mass is 35.5. The SMILES string of the molecule is CC1(C)C(=O)Nc2ccc(C(Cl)Cc3ccccc3)cc21. The highest BCUT2D eigenvalue weighted by molar-refractivity contribution is 6.21. The summed E-state index contributed by atoms with van der Waals surface area (Å²) >= 11 is 6.57. The van der Waals surface area contributed by atoms with E-state index >= 15 is 0 Å². The molecule has 2 aromatic carbocycles. The van der Waals surface area contributed by atoms with Gasteiger partial charge >= 0.3 is 0 Å². The van der Waals surface area contributed by atoms with Crippen LogP contribution in [0.2, 0.25) is 0 Å². The van der Waals surface area contributed by atoms with Gasteiger partial charge in [-0.3, -0.25) is 4.79 Å². The zero-order valence-corrected chi connectivity index (χ0v) is 12.9. The van der Waals surface area contributed by atoms with Crippen molar-refractivity contribution in [2.45, 2.75) is 31.1 Å². The Bertz CT molecular complexity index is 679. The van der Waals surface area contributed by atoms with Crippen molar-refractivity contribution in [3.63, 3.8) is 0 Å². The van der Waals surface area contributed by atoms with Crippen LogP contribution >= 0.6 is 11.6 Å². The predicted octanol–water partition coefficient (Wildman–Crippen LogP) is 4.44. The Morgan fingerprint density at radius 1 is 1.14 bits per heavy atom. The zero-order valence-electron chi connectivity index (χ0n) is 12.2. The third-order valence-electron chi connectivity index (χ3n) is 4.15. The third kappa shape index (κ3) is 2.56. The van der Waals surface area contributed by atoms with Gasteiger partial charge in [-0.2, -0.15) is 0 Å². The molecular weight excluding hydrogens is 282 g/mol. The number of carbonyl (C=O) groups excluding carboxylic acids is 1. The average molecular weight is 300 g/mol. The molecule has 1 aliphatic heterocycles. The quantitative estimate of drug-likeness (QED) is 0.834. The number of fused-ring (bicyclic) bond motifs is 1. The van der Waals surface area contributed by atoms with E-state index in [0.29, 0.717) is 0 Å². The molecule has 0 aliphatic carbocycles. The minimum Gasteiger partial charge on any atom is -0.325 e. The molecule has 0 saturated heterocycles. The van der Waals surface area contributed by atoms with Gasteiger partial charge in [0.05, 0.1) is 10.8 Å². The van der Waals surface area contributed by atoms with E-state index in [9.17, 15) is 4.79 Å². The van der Waals surface area contributed by atoms with E-state index < -0.39 is 5.41 Å². The fourth-order valence-electron chi connectivity index (χ4n) is 2.72. The summed E-state index contributed by atoms with van der Waals surface area (Å²) in [6, 6.07) is 16.2. The number of hydrogen-bond donors (Lipinski definition) is 1. The molecule has 1 atom stereocenters. The fraction of sp³-hybridized carbons (Fsp3) is 0.278. The summed E-state index contributed by atoms with van der Waals surface area (Å²) in [5.41, 5.74) is 3.71. The molecule has 1 N–H and O–H groups in total. The van der Waals surface area contributed by atoms with Crippen molar-refractivity contribution < 1.29 is 4.79 Å². The van der Waals surface area contributed by atoms with Gasteiger partial charge in [-0.05, 0) is 43.0 Å². The molecule has 1 unspecified atom stereocenters. The first-order valence-corrected chi connectivity index (χ1v) is 7.56. The van der Waals surface area contributed by atoms with Gasteiger partial charge in [-0.25, -0.2) is 0 Å². The topological polar surface area (TPSA) is 29.1 Å². The summed E-state index contributed by atoms with van der Waals surface area (Å²) in [6.07, 6.45) is 0.781. The maximum atomic E-state index is 12.0.